The summed E-state index contributed by atoms with van der Waals surface area (Å²) in [5.41, 5.74) is 4.46. The average molecular weight is 458 g/mol. The molecule has 2 aromatic rings. The highest BCUT2D eigenvalue weighted by molar-refractivity contribution is 6.38. The molecule has 0 spiro atoms. The molecule has 2 N–H and O–H groups in total. The second-order valence-electron chi connectivity index (χ2n) is 7.50. The van der Waals surface area contributed by atoms with Crippen molar-refractivity contribution in [3.05, 3.63) is 39.0 Å². The number of anilines is 1. The van der Waals surface area contributed by atoms with Crippen LogP contribution in [0.4, 0.5) is 19.0 Å². The topological polar surface area (TPSA) is 87.9 Å². The van der Waals surface area contributed by atoms with E-state index in [-0.39, 0.29) is 38.7 Å². The molecule has 2 heterocycles. The minimum atomic E-state index is -4.63. The van der Waals surface area contributed by atoms with E-state index in [2.05, 4.69) is 5.10 Å². The molecule has 11 heteroatoms. The Hall–Kier alpha value is -2.44. The number of likely N-dealkylation sites (tertiary alicyclic amines) is 1. The van der Waals surface area contributed by atoms with E-state index in [0.29, 0.717) is 25.9 Å². The fraction of sp³-hybridized carbons (Fsp3) is 0.421. The summed E-state index contributed by atoms with van der Waals surface area (Å²) in [6.45, 7) is 1.29. The molecule has 6 nitrogen and oxygen atoms in total. The van der Waals surface area contributed by atoms with Gasteiger partial charge in [0, 0.05) is 18.7 Å². The Balaban J connectivity index is 1.83. The molecule has 1 aliphatic carbocycles. The Kier molecular flexibility index (Phi) is 4.90. The van der Waals surface area contributed by atoms with Gasteiger partial charge in [-0.3, -0.25) is 4.79 Å². The monoisotopic (exact) mass is 457 g/mol. The average Bonchev–Trinajstić information content (AvgIpc) is 3.13. The summed E-state index contributed by atoms with van der Waals surface area (Å²) in [6, 6.07) is 3.38. The molecule has 1 aromatic heterocycles. The number of nitrogens with zero attached hydrogens (tertiary/aromatic N) is 4. The van der Waals surface area contributed by atoms with Gasteiger partial charge in [-0.25, -0.2) is 4.68 Å². The van der Waals surface area contributed by atoms with Gasteiger partial charge >= 0.3 is 6.18 Å². The van der Waals surface area contributed by atoms with Crippen LogP contribution in [0.1, 0.15) is 42.5 Å². The molecule has 1 aliphatic heterocycles. The lowest BCUT2D eigenvalue weighted by Gasteiger charge is -2.23. The highest BCUT2D eigenvalue weighted by Crippen LogP contribution is 2.53. The van der Waals surface area contributed by atoms with Crippen molar-refractivity contribution in [1.29, 1.82) is 5.26 Å². The van der Waals surface area contributed by atoms with Crippen LogP contribution in [-0.4, -0.2) is 33.7 Å². The number of nitriles is 1. The minimum absolute atomic E-state index is 0.0276. The normalized spacial score (nSPS) is 17.8. The Morgan fingerprint density at radius 2 is 1.77 bits per heavy atom. The van der Waals surface area contributed by atoms with Crippen molar-refractivity contribution >= 4 is 34.9 Å². The number of halogens is 5. The molecule has 4 rings (SSSR count). The Morgan fingerprint density at radius 3 is 2.23 bits per heavy atom. The van der Waals surface area contributed by atoms with Gasteiger partial charge in [0.1, 0.15) is 17.6 Å². The van der Waals surface area contributed by atoms with Crippen LogP contribution in [0.15, 0.2) is 12.1 Å². The first-order valence-electron chi connectivity index (χ1n) is 9.25. The quantitative estimate of drug-likeness (QED) is 0.743. The largest absolute Gasteiger partial charge is 0.416 e. The lowest BCUT2D eigenvalue weighted by atomic mass is 9.93. The zero-order chi connectivity index (χ0) is 21.8. The maximum atomic E-state index is 13.1. The smallest absolute Gasteiger partial charge is 0.383 e. The predicted molar refractivity (Wildman–Crippen MR) is 104 cm³/mol. The summed E-state index contributed by atoms with van der Waals surface area (Å²) < 4.78 is 40.2. The molecule has 1 saturated heterocycles. The van der Waals surface area contributed by atoms with Crippen molar-refractivity contribution in [2.75, 3.05) is 18.8 Å². The van der Waals surface area contributed by atoms with Crippen LogP contribution in [0.2, 0.25) is 10.0 Å². The zero-order valence-corrected chi connectivity index (χ0v) is 17.1. The number of carbonyl (C=O) groups is 1. The third-order valence-electron chi connectivity index (χ3n) is 5.61. The van der Waals surface area contributed by atoms with Gasteiger partial charge in [-0.15, -0.1) is 0 Å². The molecule has 1 amide bonds. The maximum Gasteiger partial charge on any atom is 0.416 e. The predicted octanol–water partition coefficient (Wildman–Crippen LogP) is 4.31. The molecule has 0 bridgehead atoms. The number of rotatable bonds is 3. The number of carbonyl (C=O) groups excluding carboxylic acids is 1. The van der Waals surface area contributed by atoms with Gasteiger partial charge in [0.05, 0.1) is 21.0 Å². The van der Waals surface area contributed by atoms with Crippen molar-refractivity contribution in [3.8, 4) is 11.8 Å². The molecular weight excluding hydrogens is 442 g/mol. The Bertz CT molecular complexity index is 1060. The van der Waals surface area contributed by atoms with Gasteiger partial charge in [-0.1, -0.05) is 23.2 Å². The van der Waals surface area contributed by atoms with Crippen molar-refractivity contribution in [3.63, 3.8) is 0 Å². The third-order valence-corrected chi connectivity index (χ3v) is 6.19. The standard InChI is InChI=1S/C19H16Cl2F3N5O/c20-11-7-10(19(22,23)24)8-12(21)15(11)29-16(26)14(13(9-25)27-29)18(3-4-18)17(30)28-5-1-2-6-28/h7-8H,1-6,26H2. The number of nitrogen functional groups attached to an aromatic ring is 1. The van der Waals surface area contributed by atoms with Gasteiger partial charge in [0.25, 0.3) is 0 Å². The summed E-state index contributed by atoms with van der Waals surface area (Å²) >= 11 is 12.2. The van der Waals surface area contributed by atoms with Gasteiger partial charge in [0.15, 0.2) is 5.69 Å². The number of nitrogens with two attached hydrogens (primary N) is 1. The van der Waals surface area contributed by atoms with E-state index in [1.165, 1.54) is 0 Å². The van der Waals surface area contributed by atoms with Crippen LogP contribution in [0, 0.1) is 11.3 Å². The van der Waals surface area contributed by atoms with E-state index in [1.54, 1.807) is 4.90 Å². The van der Waals surface area contributed by atoms with Crippen molar-refractivity contribution in [2.24, 2.45) is 0 Å². The number of amides is 1. The second kappa shape index (κ2) is 7.06. The van der Waals surface area contributed by atoms with Crippen LogP contribution in [0.25, 0.3) is 5.69 Å². The van der Waals surface area contributed by atoms with Crippen LogP contribution >= 0.6 is 23.2 Å². The zero-order valence-electron chi connectivity index (χ0n) is 15.6. The van der Waals surface area contributed by atoms with E-state index < -0.39 is 17.2 Å². The molecule has 30 heavy (non-hydrogen) atoms. The second-order valence-corrected chi connectivity index (χ2v) is 8.31. The fourth-order valence-corrected chi connectivity index (χ4v) is 4.65. The molecule has 158 valence electrons. The first-order valence-corrected chi connectivity index (χ1v) is 10.0. The SMILES string of the molecule is N#Cc1nn(-c2c(Cl)cc(C(F)(F)F)cc2Cl)c(N)c1C1(C(=O)N2CCCC2)CC1. The van der Waals surface area contributed by atoms with Crippen LogP contribution in [-0.2, 0) is 16.4 Å². The molecule has 0 radical (unpaired) electrons. The Labute approximate surface area is 179 Å². The van der Waals surface area contributed by atoms with Crippen molar-refractivity contribution in [2.45, 2.75) is 37.3 Å². The van der Waals surface area contributed by atoms with E-state index in [1.807, 2.05) is 6.07 Å². The van der Waals surface area contributed by atoms with E-state index in [9.17, 15) is 23.2 Å². The third kappa shape index (κ3) is 3.19. The van der Waals surface area contributed by atoms with Gasteiger partial charge < -0.3 is 10.6 Å². The van der Waals surface area contributed by atoms with Gasteiger partial charge in [0.2, 0.25) is 5.91 Å². The highest BCUT2D eigenvalue weighted by atomic mass is 35.5. The lowest BCUT2D eigenvalue weighted by Crippen LogP contribution is -2.37. The number of aromatic nitrogens is 2. The maximum absolute atomic E-state index is 13.1. The first kappa shape index (κ1) is 20.8. The van der Waals surface area contributed by atoms with Crippen molar-refractivity contribution < 1.29 is 18.0 Å². The summed E-state index contributed by atoms with van der Waals surface area (Å²) in [5, 5.41) is 13.1. The van der Waals surface area contributed by atoms with Crippen LogP contribution < -0.4 is 5.73 Å². The van der Waals surface area contributed by atoms with E-state index in [0.717, 1.165) is 29.7 Å². The minimum Gasteiger partial charge on any atom is -0.383 e. The van der Waals surface area contributed by atoms with E-state index in [4.69, 9.17) is 28.9 Å². The van der Waals surface area contributed by atoms with E-state index >= 15 is 0 Å². The molecule has 2 fully saturated rings. The van der Waals surface area contributed by atoms with Gasteiger partial charge in [-0.2, -0.15) is 23.5 Å². The summed E-state index contributed by atoms with van der Waals surface area (Å²) in [6.07, 6.45) is -1.77. The summed E-state index contributed by atoms with van der Waals surface area (Å²) in [5.74, 6) is -0.132. The fourth-order valence-electron chi connectivity index (χ4n) is 4.00. The molecule has 2 aliphatic rings. The van der Waals surface area contributed by atoms with Crippen LogP contribution in [0.3, 0.4) is 0 Å². The number of hydrogen-bond acceptors (Lipinski definition) is 4. The molecule has 0 atom stereocenters. The first-order chi connectivity index (χ1) is 14.1. The van der Waals surface area contributed by atoms with Crippen LogP contribution in [0.5, 0.6) is 0 Å². The molecule has 0 unspecified atom stereocenters. The summed E-state index contributed by atoms with van der Waals surface area (Å²) in [4.78, 5) is 14.9. The Morgan fingerprint density at radius 1 is 1.20 bits per heavy atom. The number of alkyl halides is 3. The van der Waals surface area contributed by atoms with Crippen molar-refractivity contribution in [1.82, 2.24) is 14.7 Å². The molecule has 1 saturated carbocycles. The van der Waals surface area contributed by atoms with Gasteiger partial charge in [-0.05, 0) is 37.8 Å². The number of benzene rings is 1. The number of hydrogen-bond donors (Lipinski definition) is 1. The lowest BCUT2D eigenvalue weighted by molar-refractivity contribution is -0.137. The summed E-state index contributed by atoms with van der Waals surface area (Å²) in [7, 11) is 0. The highest BCUT2D eigenvalue weighted by Gasteiger charge is 2.57. The molecule has 1 aromatic carbocycles. The molecular formula is C19H16Cl2F3N5O.